The summed E-state index contributed by atoms with van der Waals surface area (Å²) in [5, 5.41) is 0. The Labute approximate surface area is 88.4 Å². The van der Waals surface area contributed by atoms with Crippen molar-refractivity contribution in [3.05, 3.63) is 25.3 Å². The van der Waals surface area contributed by atoms with Crippen molar-refractivity contribution in [2.75, 3.05) is 20.3 Å². The summed E-state index contributed by atoms with van der Waals surface area (Å²) in [4.78, 5) is 0. The first-order valence-electron chi connectivity index (χ1n) is 4.64. The Morgan fingerprint density at radius 2 is 1.64 bits per heavy atom. The summed E-state index contributed by atoms with van der Waals surface area (Å²) < 4.78 is 13.1. The molecule has 0 aliphatic heterocycles. The van der Waals surface area contributed by atoms with Crippen LogP contribution in [-0.4, -0.2) is 31.0 Å². The van der Waals surface area contributed by atoms with E-state index in [2.05, 4.69) is 31.7 Å². The molecule has 0 aliphatic rings. The summed E-state index contributed by atoms with van der Waals surface area (Å²) in [6.07, 6.45) is 3.45. The van der Waals surface area contributed by atoms with Gasteiger partial charge >= 0.3 is 0 Å². The summed E-state index contributed by atoms with van der Waals surface area (Å²) in [6, 6.07) is 0.399. The summed E-state index contributed by atoms with van der Waals surface area (Å²) >= 11 is 0. The number of hydrogen-bond donors (Lipinski definition) is 0. The standard InChI is InChI=1S/C10H20NO2P/c1-6-8-12-14(13-9-7-2)11(5)10(3)4/h6-7,10H,1-2,8-9H2,3-5H3. The molecule has 0 bridgehead atoms. The molecule has 0 saturated carbocycles. The molecule has 0 aliphatic carbocycles. The van der Waals surface area contributed by atoms with E-state index in [1.54, 1.807) is 12.2 Å². The van der Waals surface area contributed by atoms with E-state index in [-0.39, 0.29) is 0 Å². The summed E-state index contributed by atoms with van der Waals surface area (Å²) in [5.74, 6) is 0. The Bertz CT molecular complexity index is 162. The molecule has 0 aromatic rings. The molecule has 0 aromatic heterocycles. The van der Waals surface area contributed by atoms with Gasteiger partial charge in [-0.2, -0.15) is 0 Å². The van der Waals surface area contributed by atoms with Gasteiger partial charge in [-0.3, -0.25) is 0 Å². The van der Waals surface area contributed by atoms with Crippen LogP contribution in [0.4, 0.5) is 0 Å². The Balaban J connectivity index is 4.06. The lowest BCUT2D eigenvalue weighted by Gasteiger charge is -2.28. The zero-order valence-corrected chi connectivity index (χ0v) is 10.2. The third kappa shape index (κ3) is 5.51. The molecule has 3 nitrogen and oxygen atoms in total. The van der Waals surface area contributed by atoms with Crippen molar-refractivity contribution in [3.8, 4) is 0 Å². The van der Waals surface area contributed by atoms with Gasteiger partial charge in [-0.15, -0.1) is 13.2 Å². The van der Waals surface area contributed by atoms with Crippen LogP contribution >= 0.6 is 8.53 Å². The van der Waals surface area contributed by atoms with E-state index < -0.39 is 8.53 Å². The van der Waals surface area contributed by atoms with Crippen LogP contribution in [0.2, 0.25) is 0 Å². The van der Waals surface area contributed by atoms with Crippen LogP contribution in [0.1, 0.15) is 13.8 Å². The monoisotopic (exact) mass is 217 g/mol. The van der Waals surface area contributed by atoms with Gasteiger partial charge in [0.1, 0.15) is 0 Å². The smallest absolute Gasteiger partial charge is 0.259 e. The lowest BCUT2D eigenvalue weighted by Crippen LogP contribution is -2.23. The van der Waals surface area contributed by atoms with Crippen LogP contribution in [0, 0.1) is 0 Å². The summed E-state index contributed by atoms with van der Waals surface area (Å²) in [5.41, 5.74) is 0. The molecule has 0 fully saturated rings. The molecule has 0 radical (unpaired) electrons. The number of hydrogen-bond acceptors (Lipinski definition) is 3. The normalized spacial score (nSPS) is 11.3. The summed E-state index contributed by atoms with van der Waals surface area (Å²) in [6.45, 7) is 12.4. The number of nitrogens with zero attached hydrogens (tertiary/aromatic N) is 1. The Morgan fingerprint density at radius 1 is 1.21 bits per heavy atom. The molecule has 0 spiro atoms. The van der Waals surface area contributed by atoms with E-state index in [0.717, 1.165) is 0 Å². The first-order chi connectivity index (χ1) is 6.63. The average Bonchev–Trinajstić information content (AvgIpc) is 2.17. The van der Waals surface area contributed by atoms with Crippen molar-refractivity contribution in [2.24, 2.45) is 0 Å². The second kappa shape index (κ2) is 8.13. The van der Waals surface area contributed by atoms with Crippen molar-refractivity contribution in [2.45, 2.75) is 19.9 Å². The van der Waals surface area contributed by atoms with Crippen LogP contribution in [0.5, 0.6) is 0 Å². The van der Waals surface area contributed by atoms with Crippen LogP contribution in [0.15, 0.2) is 25.3 Å². The molecule has 14 heavy (non-hydrogen) atoms. The first-order valence-corrected chi connectivity index (χ1v) is 5.77. The molecule has 0 amide bonds. The summed E-state index contributed by atoms with van der Waals surface area (Å²) in [7, 11) is 1.01. The van der Waals surface area contributed by atoms with Gasteiger partial charge < -0.3 is 9.05 Å². The highest BCUT2D eigenvalue weighted by Gasteiger charge is 2.19. The van der Waals surface area contributed by atoms with Gasteiger partial charge in [0.05, 0.1) is 13.2 Å². The highest BCUT2D eigenvalue weighted by molar-refractivity contribution is 7.44. The fraction of sp³-hybridized carbons (Fsp3) is 0.600. The second-order valence-electron chi connectivity index (χ2n) is 3.07. The predicted molar refractivity (Wildman–Crippen MR) is 62.1 cm³/mol. The van der Waals surface area contributed by atoms with Gasteiger partial charge in [0.25, 0.3) is 8.53 Å². The van der Waals surface area contributed by atoms with Gasteiger partial charge in [-0.25, -0.2) is 4.67 Å². The van der Waals surface area contributed by atoms with Crippen LogP contribution < -0.4 is 0 Å². The fourth-order valence-electron chi connectivity index (χ4n) is 0.641. The first kappa shape index (κ1) is 13.8. The zero-order valence-electron chi connectivity index (χ0n) is 9.27. The highest BCUT2D eigenvalue weighted by atomic mass is 31.2. The van der Waals surface area contributed by atoms with Gasteiger partial charge in [0.2, 0.25) is 0 Å². The minimum Gasteiger partial charge on any atom is -0.318 e. The van der Waals surface area contributed by atoms with Crippen LogP contribution in [0.3, 0.4) is 0 Å². The van der Waals surface area contributed by atoms with Gasteiger partial charge in [-0.05, 0) is 20.9 Å². The maximum Gasteiger partial charge on any atom is 0.259 e. The third-order valence-corrected chi connectivity index (χ3v) is 3.33. The molecular formula is C10H20NO2P. The fourth-order valence-corrected chi connectivity index (χ4v) is 1.92. The minimum absolute atomic E-state index is 0.399. The molecule has 0 N–H and O–H groups in total. The van der Waals surface area contributed by atoms with Crippen LogP contribution in [0.25, 0.3) is 0 Å². The second-order valence-corrected chi connectivity index (χ2v) is 4.70. The lowest BCUT2D eigenvalue weighted by atomic mass is 10.4. The SMILES string of the molecule is C=CCOP(OCC=C)N(C)C(C)C. The Morgan fingerprint density at radius 3 is 1.93 bits per heavy atom. The van der Waals surface area contributed by atoms with Gasteiger partial charge in [0, 0.05) is 6.04 Å². The van der Waals surface area contributed by atoms with E-state index in [9.17, 15) is 0 Å². The van der Waals surface area contributed by atoms with E-state index >= 15 is 0 Å². The Kier molecular flexibility index (Phi) is 8.01. The van der Waals surface area contributed by atoms with E-state index in [1.807, 2.05) is 7.05 Å². The average molecular weight is 217 g/mol. The van der Waals surface area contributed by atoms with Gasteiger partial charge in [-0.1, -0.05) is 12.2 Å². The largest absolute Gasteiger partial charge is 0.318 e. The topological polar surface area (TPSA) is 21.7 Å². The Hall–Kier alpha value is -0.210. The quantitative estimate of drug-likeness (QED) is 0.461. The highest BCUT2D eigenvalue weighted by Crippen LogP contribution is 2.42. The molecular weight excluding hydrogens is 197 g/mol. The van der Waals surface area contributed by atoms with Crippen molar-refractivity contribution in [1.29, 1.82) is 0 Å². The van der Waals surface area contributed by atoms with Crippen molar-refractivity contribution in [3.63, 3.8) is 0 Å². The maximum absolute atomic E-state index is 5.52. The minimum atomic E-state index is -0.982. The van der Waals surface area contributed by atoms with Crippen molar-refractivity contribution < 1.29 is 9.05 Å². The molecule has 4 heteroatoms. The molecule has 0 unspecified atom stereocenters. The number of rotatable bonds is 8. The molecule has 0 saturated heterocycles. The van der Waals surface area contributed by atoms with Crippen molar-refractivity contribution in [1.82, 2.24) is 4.67 Å². The molecule has 0 heterocycles. The molecule has 0 atom stereocenters. The van der Waals surface area contributed by atoms with E-state index in [4.69, 9.17) is 9.05 Å². The molecule has 82 valence electrons. The maximum atomic E-state index is 5.52. The molecule has 0 aromatic carbocycles. The van der Waals surface area contributed by atoms with Crippen molar-refractivity contribution >= 4 is 8.53 Å². The lowest BCUT2D eigenvalue weighted by molar-refractivity contribution is 0.232. The third-order valence-electron chi connectivity index (χ3n) is 1.61. The predicted octanol–water partition coefficient (Wildman–Crippen LogP) is 2.96. The molecule has 0 rings (SSSR count). The van der Waals surface area contributed by atoms with Gasteiger partial charge in [0.15, 0.2) is 0 Å². The van der Waals surface area contributed by atoms with E-state index in [1.165, 1.54) is 0 Å². The van der Waals surface area contributed by atoms with Crippen LogP contribution in [-0.2, 0) is 9.05 Å². The zero-order chi connectivity index (χ0) is 11.0. The van der Waals surface area contributed by atoms with E-state index in [0.29, 0.717) is 19.3 Å².